The first kappa shape index (κ1) is 20.6. The van der Waals surface area contributed by atoms with Gasteiger partial charge in [0.15, 0.2) is 11.0 Å². The molecular formula is C23H21N5O2S. The molecule has 0 saturated carbocycles. The van der Waals surface area contributed by atoms with Crippen molar-refractivity contribution in [2.24, 2.45) is 0 Å². The van der Waals surface area contributed by atoms with Crippen molar-refractivity contribution in [2.45, 2.75) is 12.1 Å². The second-order valence-electron chi connectivity index (χ2n) is 6.71. The molecule has 0 fully saturated rings. The predicted octanol–water partition coefficient (Wildman–Crippen LogP) is 4.38. The van der Waals surface area contributed by atoms with Crippen LogP contribution in [0, 0.1) is 6.92 Å². The summed E-state index contributed by atoms with van der Waals surface area (Å²) >= 11 is 1.32. The lowest BCUT2D eigenvalue weighted by Gasteiger charge is -2.11. The topological polar surface area (TPSA) is 81.9 Å². The van der Waals surface area contributed by atoms with Crippen molar-refractivity contribution in [2.75, 3.05) is 18.2 Å². The average Bonchev–Trinajstić information content (AvgIpc) is 3.24. The van der Waals surface area contributed by atoms with E-state index in [4.69, 9.17) is 4.74 Å². The third-order valence-corrected chi connectivity index (χ3v) is 5.54. The largest absolute Gasteiger partial charge is 0.497 e. The molecule has 8 heteroatoms. The zero-order valence-electron chi connectivity index (χ0n) is 17.1. The van der Waals surface area contributed by atoms with Crippen LogP contribution in [0.3, 0.4) is 0 Å². The molecule has 4 rings (SSSR count). The van der Waals surface area contributed by atoms with Crippen LogP contribution in [0.25, 0.3) is 17.2 Å². The summed E-state index contributed by atoms with van der Waals surface area (Å²) in [5, 5.41) is 12.2. The van der Waals surface area contributed by atoms with E-state index in [1.54, 1.807) is 13.3 Å². The summed E-state index contributed by atoms with van der Waals surface area (Å²) in [7, 11) is 1.63. The number of benzene rings is 2. The van der Waals surface area contributed by atoms with Crippen LogP contribution in [0.5, 0.6) is 5.75 Å². The molecule has 156 valence electrons. The zero-order chi connectivity index (χ0) is 21.6. The van der Waals surface area contributed by atoms with E-state index < -0.39 is 0 Å². The maximum atomic E-state index is 12.5. The van der Waals surface area contributed by atoms with Gasteiger partial charge in [-0.1, -0.05) is 36.0 Å². The van der Waals surface area contributed by atoms with Gasteiger partial charge in [0.05, 0.1) is 18.6 Å². The van der Waals surface area contributed by atoms with Gasteiger partial charge in [0.2, 0.25) is 5.91 Å². The number of hydrogen-bond donors (Lipinski definition) is 1. The van der Waals surface area contributed by atoms with Crippen LogP contribution in [0.2, 0.25) is 0 Å². The maximum Gasteiger partial charge on any atom is 0.234 e. The number of aromatic nitrogens is 4. The van der Waals surface area contributed by atoms with E-state index in [1.165, 1.54) is 11.8 Å². The highest BCUT2D eigenvalue weighted by Gasteiger charge is 2.18. The van der Waals surface area contributed by atoms with Gasteiger partial charge < -0.3 is 10.1 Å². The minimum Gasteiger partial charge on any atom is -0.497 e. The number of nitrogens with zero attached hydrogens (tertiary/aromatic N) is 4. The van der Waals surface area contributed by atoms with Crippen LogP contribution < -0.4 is 10.1 Å². The summed E-state index contributed by atoms with van der Waals surface area (Å²) in [5.74, 6) is 1.45. The highest BCUT2D eigenvalue weighted by Crippen LogP contribution is 2.28. The average molecular weight is 432 g/mol. The number of hydrogen-bond acceptors (Lipinski definition) is 6. The Labute approximate surface area is 184 Å². The van der Waals surface area contributed by atoms with E-state index in [9.17, 15) is 4.79 Å². The molecule has 0 unspecified atom stereocenters. The number of carbonyl (C=O) groups excluding carboxylic acids is 1. The lowest BCUT2D eigenvalue weighted by Crippen LogP contribution is -2.15. The van der Waals surface area contributed by atoms with Crippen molar-refractivity contribution < 1.29 is 9.53 Å². The van der Waals surface area contributed by atoms with E-state index in [0.717, 1.165) is 22.7 Å². The Morgan fingerprint density at radius 3 is 2.52 bits per heavy atom. The SMILES string of the molecule is COc1ccc(-n2c(SCC(=O)Nc3ccccc3C)nnc2-c2ccccn2)cc1. The third kappa shape index (κ3) is 4.75. The number of nitrogens with one attached hydrogen (secondary N) is 1. The van der Waals surface area contributed by atoms with Crippen molar-refractivity contribution in [1.82, 2.24) is 19.7 Å². The number of pyridine rings is 1. The number of thioether (sulfide) groups is 1. The summed E-state index contributed by atoms with van der Waals surface area (Å²) in [5.41, 5.74) is 3.37. The Hall–Kier alpha value is -3.65. The van der Waals surface area contributed by atoms with E-state index in [0.29, 0.717) is 16.7 Å². The van der Waals surface area contributed by atoms with Gasteiger partial charge in [-0.25, -0.2) is 0 Å². The first-order chi connectivity index (χ1) is 15.2. The maximum absolute atomic E-state index is 12.5. The number of carbonyl (C=O) groups is 1. The molecule has 0 saturated heterocycles. The van der Waals surface area contributed by atoms with Gasteiger partial charge in [-0.15, -0.1) is 10.2 Å². The second kappa shape index (κ2) is 9.44. The number of methoxy groups -OCH3 is 1. The number of anilines is 1. The van der Waals surface area contributed by atoms with Crippen molar-refractivity contribution in [3.8, 4) is 23.0 Å². The van der Waals surface area contributed by atoms with Gasteiger partial charge in [0.25, 0.3) is 0 Å². The zero-order valence-corrected chi connectivity index (χ0v) is 18.0. The van der Waals surface area contributed by atoms with Gasteiger partial charge in [-0.2, -0.15) is 0 Å². The van der Waals surface area contributed by atoms with Crippen LogP contribution in [0.15, 0.2) is 78.1 Å². The van der Waals surface area contributed by atoms with Gasteiger partial charge in [0.1, 0.15) is 11.4 Å². The van der Waals surface area contributed by atoms with Gasteiger partial charge >= 0.3 is 0 Å². The predicted molar refractivity (Wildman–Crippen MR) is 122 cm³/mol. The van der Waals surface area contributed by atoms with Crippen molar-refractivity contribution in [3.05, 3.63) is 78.5 Å². The first-order valence-electron chi connectivity index (χ1n) is 9.65. The summed E-state index contributed by atoms with van der Waals surface area (Å²) in [4.78, 5) is 16.9. The first-order valence-corrected chi connectivity index (χ1v) is 10.6. The Bertz CT molecular complexity index is 1180. The summed E-state index contributed by atoms with van der Waals surface area (Å²) < 4.78 is 7.16. The normalized spacial score (nSPS) is 10.6. The van der Waals surface area contributed by atoms with E-state index in [2.05, 4.69) is 20.5 Å². The number of rotatable bonds is 7. The monoisotopic (exact) mass is 431 g/mol. The molecule has 1 amide bonds. The quantitative estimate of drug-likeness (QED) is 0.438. The molecule has 1 N–H and O–H groups in total. The molecule has 2 aromatic carbocycles. The molecule has 4 aromatic rings. The van der Waals surface area contributed by atoms with Crippen LogP contribution in [0.4, 0.5) is 5.69 Å². The highest BCUT2D eigenvalue weighted by atomic mass is 32.2. The smallest absolute Gasteiger partial charge is 0.234 e. The molecular weight excluding hydrogens is 410 g/mol. The second-order valence-corrected chi connectivity index (χ2v) is 7.65. The minimum atomic E-state index is -0.108. The highest BCUT2D eigenvalue weighted by molar-refractivity contribution is 7.99. The molecule has 7 nitrogen and oxygen atoms in total. The van der Waals surface area contributed by atoms with Gasteiger partial charge in [-0.05, 0) is 55.0 Å². The van der Waals surface area contributed by atoms with Crippen LogP contribution in [-0.4, -0.2) is 38.5 Å². The Morgan fingerprint density at radius 1 is 1.03 bits per heavy atom. The summed E-state index contributed by atoms with van der Waals surface area (Å²) in [6.07, 6.45) is 1.71. The molecule has 31 heavy (non-hydrogen) atoms. The van der Waals surface area contributed by atoms with E-state index >= 15 is 0 Å². The minimum absolute atomic E-state index is 0.108. The number of aryl methyl sites for hydroxylation is 1. The van der Waals surface area contributed by atoms with Crippen LogP contribution in [0.1, 0.15) is 5.56 Å². The third-order valence-electron chi connectivity index (χ3n) is 4.61. The van der Waals surface area contributed by atoms with Gasteiger partial charge in [-0.3, -0.25) is 14.3 Å². The lowest BCUT2D eigenvalue weighted by atomic mass is 10.2. The fourth-order valence-corrected chi connectivity index (χ4v) is 3.77. The molecule has 0 radical (unpaired) electrons. The summed E-state index contributed by atoms with van der Waals surface area (Å²) in [6.45, 7) is 1.96. The number of ether oxygens (including phenoxy) is 1. The summed E-state index contributed by atoms with van der Waals surface area (Å²) in [6, 6.07) is 20.9. The lowest BCUT2D eigenvalue weighted by molar-refractivity contribution is -0.113. The number of amides is 1. The Morgan fingerprint density at radius 2 is 1.81 bits per heavy atom. The van der Waals surface area contributed by atoms with Crippen LogP contribution >= 0.6 is 11.8 Å². The fraction of sp³-hybridized carbons (Fsp3) is 0.130. The molecule has 0 aliphatic rings. The van der Waals surface area contributed by atoms with Crippen molar-refractivity contribution in [3.63, 3.8) is 0 Å². The molecule has 0 bridgehead atoms. The van der Waals surface area contributed by atoms with Crippen molar-refractivity contribution in [1.29, 1.82) is 0 Å². The molecule has 0 aliphatic carbocycles. The molecule has 0 atom stereocenters. The number of para-hydroxylation sites is 1. The van der Waals surface area contributed by atoms with E-state index in [-0.39, 0.29) is 11.7 Å². The van der Waals surface area contributed by atoms with Gasteiger partial charge in [0, 0.05) is 11.9 Å². The Balaban J connectivity index is 1.60. The Kier molecular flexibility index (Phi) is 6.28. The van der Waals surface area contributed by atoms with E-state index in [1.807, 2.05) is 78.2 Å². The molecule has 0 spiro atoms. The van der Waals surface area contributed by atoms with Crippen LogP contribution in [-0.2, 0) is 4.79 Å². The molecule has 2 aromatic heterocycles. The molecule has 2 heterocycles. The standard InChI is InChI=1S/C23H21N5O2S/c1-16-7-3-4-8-19(16)25-21(29)15-31-23-27-26-22(20-9-5-6-14-24-20)28(23)17-10-12-18(30-2)13-11-17/h3-14H,15H2,1-2H3,(H,25,29). The molecule has 0 aliphatic heterocycles. The van der Waals surface area contributed by atoms with Crippen molar-refractivity contribution >= 4 is 23.4 Å². The fourth-order valence-electron chi connectivity index (χ4n) is 3.02.